The van der Waals surface area contributed by atoms with E-state index >= 15 is 0 Å². The summed E-state index contributed by atoms with van der Waals surface area (Å²) in [5.74, 6) is -0.210. The zero-order chi connectivity index (χ0) is 14.6. The lowest BCUT2D eigenvalue weighted by atomic mass is 9.76. The highest BCUT2D eigenvalue weighted by atomic mass is 16.4. The van der Waals surface area contributed by atoms with Gasteiger partial charge in [0.2, 0.25) is 5.91 Å². The molecule has 1 saturated heterocycles. The van der Waals surface area contributed by atoms with E-state index in [1.807, 2.05) is 0 Å². The first-order valence-corrected chi connectivity index (χ1v) is 7.77. The number of hydrogen-bond acceptors (Lipinski definition) is 3. The second-order valence-electron chi connectivity index (χ2n) is 6.53. The molecule has 1 aliphatic heterocycles. The summed E-state index contributed by atoms with van der Waals surface area (Å²) in [5, 5.41) is 15.7. The van der Waals surface area contributed by atoms with Crippen LogP contribution in [0.5, 0.6) is 0 Å². The van der Waals surface area contributed by atoms with Gasteiger partial charge in [0, 0.05) is 6.42 Å². The van der Waals surface area contributed by atoms with Crippen molar-refractivity contribution in [2.24, 2.45) is 11.8 Å². The van der Waals surface area contributed by atoms with Crippen LogP contribution in [0.4, 0.5) is 0 Å². The Morgan fingerprint density at radius 2 is 2.00 bits per heavy atom. The van der Waals surface area contributed by atoms with Crippen molar-refractivity contribution in [3.63, 3.8) is 0 Å². The molecule has 3 N–H and O–H groups in total. The van der Waals surface area contributed by atoms with Crippen LogP contribution in [0.1, 0.15) is 51.9 Å². The molecule has 2 aliphatic rings. The maximum Gasteiger partial charge on any atom is 0.329 e. The Labute approximate surface area is 120 Å². The van der Waals surface area contributed by atoms with Gasteiger partial charge in [0.1, 0.15) is 5.54 Å². The Bertz CT molecular complexity index is 366. The van der Waals surface area contributed by atoms with Gasteiger partial charge in [0.15, 0.2) is 0 Å². The van der Waals surface area contributed by atoms with Gasteiger partial charge >= 0.3 is 5.97 Å². The molecule has 0 radical (unpaired) electrons. The van der Waals surface area contributed by atoms with Crippen LogP contribution in [0.25, 0.3) is 0 Å². The van der Waals surface area contributed by atoms with Crippen molar-refractivity contribution in [2.45, 2.75) is 57.4 Å². The molecular weight excluding hydrogens is 256 g/mol. The maximum atomic E-state index is 12.2. The minimum Gasteiger partial charge on any atom is -0.480 e. The molecule has 5 nitrogen and oxygen atoms in total. The topological polar surface area (TPSA) is 78.4 Å². The van der Waals surface area contributed by atoms with Gasteiger partial charge in [-0.05, 0) is 50.6 Å². The largest absolute Gasteiger partial charge is 0.480 e. The quantitative estimate of drug-likeness (QED) is 0.730. The summed E-state index contributed by atoms with van der Waals surface area (Å²) in [5.41, 5.74) is -1.03. The van der Waals surface area contributed by atoms with Crippen molar-refractivity contribution in [1.29, 1.82) is 0 Å². The highest BCUT2D eigenvalue weighted by Crippen LogP contribution is 2.33. The number of piperidine rings is 1. The second-order valence-corrected chi connectivity index (χ2v) is 6.53. The van der Waals surface area contributed by atoms with Crippen LogP contribution in [0, 0.1) is 11.8 Å². The second kappa shape index (κ2) is 6.57. The van der Waals surface area contributed by atoms with E-state index in [-0.39, 0.29) is 5.91 Å². The molecule has 1 aliphatic carbocycles. The van der Waals surface area contributed by atoms with E-state index in [1.165, 1.54) is 0 Å². The number of carboxylic acids is 1. The molecule has 1 amide bonds. The summed E-state index contributed by atoms with van der Waals surface area (Å²) in [6, 6.07) is 0. The summed E-state index contributed by atoms with van der Waals surface area (Å²) in [4.78, 5) is 23.8. The van der Waals surface area contributed by atoms with Crippen molar-refractivity contribution in [1.82, 2.24) is 10.6 Å². The molecule has 2 atom stereocenters. The van der Waals surface area contributed by atoms with Crippen molar-refractivity contribution in [3.05, 3.63) is 0 Å². The molecule has 0 aromatic carbocycles. The molecule has 20 heavy (non-hydrogen) atoms. The molecule has 1 heterocycles. The van der Waals surface area contributed by atoms with Gasteiger partial charge in [0.05, 0.1) is 0 Å². The van der Waals surface area contributed by atoms with Crippen LogP contribution in [0.15, 0.2) is 0 Å². The molecule has 0 spiro atoms. The van der Waals surface area contributed by atoms with Crippen molar-refractivity contribution in [2.75, 3.05) is 13.1 Å². The zero-order valence-electron chi connectivity index (χ0n) is 12.3. The number of aliphatic carboxylic acids is 1. The predicted molar refractivity (Wildman–Crippen MR) is 76.4 cm³/mol. The third-order valence-corrected chi connectivity index (χ3v) is 4.72. The molecule has 2 unspecified atom stereocenters. The van der Waals surface area contributed by atoms with Gasteiger partial charge in [-0.1, -0.05) is 19.8 Å². The number of amides is 1. The predicted octanol–water partition coefficient (Wildman–Crippen LogP) is 1.53. The van der Waals surface area contributed by atoms with Crippen molar-refractivity contribution < 1.29 is 14.7 Å². The van der Waals surface area contributed by atoms with Gasteiger partial charge in [-0.25, -0.2) is 4.79 Å². The fraction of sp³-hybridized carbons (Fsp3) is 0.867. The van der Waals surface area contributed by atoms with Gasteiger partial charge in [-0.2, -0.15) is 0 Å². The van der Waals surface area contributed by atoms with Gasteiger partial charge < -0.3 is 15.7 Å². The molecule has 5 heteroatoms. The van der Waals surface area contributed by atoms with E-state index in [1.54, 1.807) is 0 Å². The highest BCUT2D eigenvalue weighted by molar-refractivity contribution is 5.87. The first-order valence-electron chi connectivity index (χ1n) is 7.77. The van der Waals surface area contributed by atoms with Crippen LogP contribution < -0.4 is 10.6 Å². The maximum absolute atomic E-state index is 12.2. The van der Waals surface area contributed by atoms with E-state index in [0.29, 0.717) is 31.1 Å². The molecule has 0 aromatic heterocycles. The SMILES string of the molecule is CC1CCCC(NC(=O)CC2CCNCC2)(C(=O)O)C1. The third-order valence-electron chi connectivity index (χ3n) is 4.72. The van der Waals surface area contributed by atoms with E-state index < -0.39 is 11.5 Å². The highest BCUT2D eigenvalue weighted by Gasteiger charge is 2.43. The Morgan fingerprint density at radius 3 is 2.60 bits per heavy atom. The third kappa shape index (κ3) is 3.72. The van der Waals surface area contributed by atoms with E-state index in [2.05, 4.69) is 17.6 Å². The van der Waals surface area contributed by atoms with Crippen molar-refractivity contribution >= 4 is 11.9 Å². The Kier molecular flexibility index (Phi) is 5.02. The lowest BCUT2D eigenvalue weighted by Crippen LogP contribution is -2.57. The van der Waals surface area contributed by atoms with Crippen LogP contribution in [0.2, 0.25) is 0 Å². The summed E-state index contributed by atoms with van der Waals surface area (Å²) in [6.45, 7) is 3.98. The standard InChI is InChI=1S/C15H26N2O3/c1-11-3-2-6-15(10-11,14(19)20)17-13(18)9-12-4-7-16-8-5-12/h11-12,16H,2-10H2,1H3,(H,17,18)(H,19,20). The molecule has 2 fully saturated rings. The average molecular weight is 282 g/mol. The number of rotatable bonds is 4. The molecule has 0 aromatic rings. The van der Waals surface area contributed by atoms with Crippen LogP contribution >= 0.6 is 0 Å². The molecule has 1 saturated carbocycles. The minimum absolute atomic E-state index is 0.0894. The van der Waals surface area contributed by atoms with Crippen molar-refractivity contribution in [3.8, 4) is 0 Å². The summed E-state index contributed by atoms with van der Waals surface area (Å²) in [6.07, 6.45) is 5.52. The minimum atomic E-state index is -1.03. The average Bonchev–Trinajstić information content (AvgIpc) is 2.39. The monoisotopic (exact) mass is 282 g/mol. The number of carbonyl (C=O) groups is 2. The number of carboxylic acid groups (broad SMARTS) is 1. The van der Waals surface area contributed by atoms with Gasteiger partial charge in [0.25, 0.3) is 0 Å². The molecule has 114 valence electrons. The van der Waals surface area contributed by atoms with E-state index in [9.17, 15) is 14.7 Å². The lowest BCUT2D eigenvalue weighted by molar-refractivity contribution is -0.150. The van der Waals surface area contributed by atoms with E-state index in [0.717, 1.165) is 38.8 Å². The first-order chi connectivity index (χ1) is 9.52. The lowest BCUT2D eigenvalue weighted by Gasteiger charge is -2.37. The van der Waals surface area contributed by atoms with Crippen LogP contribution in [-0.4, -0.2) is 35.6 Å². The number of hydrogen-bond donors (Lipinski definition) is 3. The van der Waals surface area contributed by atoms with Gasteiger partial charge in [-0.3, -0.25) is 4.79 Å². The normalized spacial score (nSPS) is 31.8. The Balaban J connectivity index is 1.93. The smallest absolute Gasteiger partial charge is 0.329 e. The Hall–Kier alpha value is -1.10. The first kappa shape index (κ1) is 15.3. The molecule has 2 rings (SSSR count). The van der Waals surface area contributed by atoms with Crippen LogP contribution in [-0.2, 0) is 9.59 Å². The fourth-order valence-corrected chi connectivity index (χ4v) is 3.58. The summed E-state index contributed by atoms with van der Waals surface area (Å²) < 4.78 is 0. The van der Waals surface area contributed by atoms with Crippen LogP contribution in [0.3, 0.4) is 0 Å². The fourth-order valence-electron chi connectivity index (χ4n) is 3.58. The summed E-state index contributed by atoms with van der Waals surface area (Å²) in [7, 11) is 0. The summed E-state index contributed by atoms with van der Waals surface area (Å²) >= 11 is 0. The molecule has 0 bridgehead atoms. The number of nitrogens with one attached hydrogen (secondary N) is 2. The van der Waals surface area contributed by atoms with Gasteiger partial charge in [-0.15, -0.1) is 0 Å². The number of carbonyl (C=O) groups excluding carboxylic acids is 1. The van der Waals surface area contributed by atoms with E-state index in [4.69, 9.17) is 0 Å². The molecular formula is C15H26N2O3. The zero-order valence-corrected chi connectivity index (χ0v) is 12.3. The Morgan fingerprint density at radius 1 is 1.30 bits per heavy atom.